The van der Waals surface area contributed by atoms with Crippen LogP contribution in [0.15, 0.2) is 0 Å². The highest BCUT2D eigenvalue weighted by Crippen LogP contribution is 2.06. The topological polar surface area (TPSA) is 3.24 Å². The molecular weight excluding hydrogens is 136 g/mol. The molecule has 2 nitrogen and oxygen atoms in total. The van der Waals surface area contributed by atoms with Crippen molar-refractivity contribution >= 4 is 0 Å². The maximum atomic E-state index is 2.44. The van der Waals surface area contributed by atoms with Gasteiger partial charge in [0.1, 0.15) is 0 Å². The predicted molar refractivity (Wildman–Crippen MR) is 48.6 cm³/mol. The fourth-order valence-electron chi connectivity index (χ4n) is 1.76. The van der Waals surface area contributed by atoms with E-state index in [0.717, 1.165) is 0 Å². The molecule has 0 bridgehead atoms. The Morgan fingerprint density at radius 1 is 1.00 bits per heavy atom. The van der Waals surface area contributed by atoms with E-state index in [-0.39, 0.29) is 0 Å². The summed E-state index contributed by atoms with van der Waals surface area (Å²) >= 11 is 0. The fraction of sp³-hybridized carbons (Fsp3) is 1.00. The zero-order valence-electron chi connectivity index (χ0n) is 8.14. The molecule has 0 aromatic heterocycles. The smallest absolute Gasteiger partial charge is 0.0794 e. The van der Waals surface area contributed by atoms with Crippen molar-refractivity contribution < 1.29 is 4.48 Å². The molecule has 0 amide bonds. The van der Waals surface area contributed by atoms with Gasteiger partial charge in [-0.15, -0.1) is 0 Å². The van der Waals surface area contributed by atoms with Crippen molar-refractivity contribution in [3.05, 3.63) is 0 Å². The molecule has 0 radical (unpaired) electrons. The first-order chi connectivity index (χ1) is 5.10. The lowest BCUT2D eigenvalue weighted by atomic mass is 10.2. The average Bonchev–Trinajstić information content (AvgIpc) is 1.83. The van der Waals surface area contributed by atoms with Crippen LogP contribution in [-0.4, -0.2) is 56.7 Å². The van der Waals surface area contributed by atoms with E-state index < -0.39 is 0 Å². The lowest BCUT2D eigenvalue weighted by Gasteiger charge is -2.33. The number of nitrogens with zero attached hydrogens (tertiary/aromatic N) is 2. The lowest BCUT2D eigenvalue weighted by molar-refractivity contribution is -0.891. The van der Waals surface area contributed by atoms with E-state index in [1.54, 1.807) is 0 Å². The van der Waals surface area contributed by atoms with E-state index in [2.05, 4.69) is 26.0 Å². The molecule has 1 aliphatic rings. The molecule has 0 saturated carbocycles. The minimum Gasteiger partial charge on any atom is -0.328 e. The Morgan fingerprint density at radius 2 is 1.45 bits per heavy atom. The average molecular weight is 157 g/mol. The molecular formula is C9H21N2+. The second-order valence-corrected chi connectivity index (χ2v) is 4.39. The molecule has 1 saturated heterocycles. The van der Waals surface area contributed by atoms with Crippen LogP contribution in [0.5, 0.6) is 0 Å². The summed E-state index contributed by atoms with van der Waals surface area (Å²) < 4.78 is 1.22. The van der Waals surface area contributed by atoms with Crippen LogP contribution in [0.3, 0.4) is 0 Å². The molecule has 0 aromatic rings. The normalized spacial score (nSPS) is 27.5. The Labute approximate surface area is 70.4 Å². The van der Waals surface area contributed by atoms with E-state index in [9.17, 15) is 0 Å². The minimum atomic E-state index is 1.22. The van der Waals surface area contributed by atoms with Gasteiger partial charge in [-0.25, -0.2) is 0 Å². The van der Waals surface area contributed by atoms with Crippen LogP contribution in [0.25, 0.3) is 0 Å². The van der Waals surface area contributed by atoms with Crippen LogP contribution in [0.2, 0.25) is 0 Å². The van der Waals surface area contributed by atoms with Gasteiger partial charge in [0.05, 0.1) is 27.2 Å². The first-order valence-electron chi connectivity index (χ1n) is 4.61. The minimum absolute atomic E-state index is 1.22. The van der Waals surface area contributed by atoms with Gasteiger partial charge >= 0.3 is 0 Å². The van der Waals surface area contributed by atoms with Crippen LogP contribution in [0.1, 0.15) is 12.8 Å². The van der Waals surface area contributed by atoms with Gasteiger partial charge in [0.25, 0.3) is 0 Å². The van der Waals surface area contributed by atoms with Crippen LogP contribution in [0, 0.1) is 0 Å². The maximum absolute atomic E-state index is 2.44. The summed E-state index contributed by atoms with van der Waals surface area (Å²) in [5.74, 6) is 0. The van der Waals surface area contributed by atoms with Crippen molar-refractivity contribution in [1.82, 2.24) is 4.90 Å². The summed E-state index contributed by atoms with van der Waals surface area (Å²) in [7, 11) is 6.90. The quantitative estimate of drug-likeness (QED) is 0.470. The second kappa shape index (κ2) is 3.55. The van der Waals surface area contributed by atoms with Crippen molar-refractivity contribution in [2.24, 2.45) is 0 Å². The molecule has 0 atom stereocenters. The first kappa shape index (κ1) is 9.01. The first-order valence-corrected chi connectivity index (χ1v) is 4.61. The third-order valence-corrected chi connectivity index (χ3v) is 2.61. The molecule has 0 N–H and O–H groups in total. The summed E-state index contributed by atoms with van der Waals surface area (Å²) in [6, 6.07) is 0. The van der Waals surface area contributed by atoms with E-state index in [0.29, 0.717) is 0 Å². The number of hydrogen-bond donors (Lipinski definition) is 0. The molecule has 11 heavy (non-hydrogen) atoms. The molecule has 1 fully saturated rings. The van der Waals surface area contributed by atoms with E-state index in [1.807, 2.05) is 0 Å². The SMILES string of the molecule is CN1CCC[N+](C)(C)CCC1. The summed E-state index contributed by atoms with van der Waals surface area (Å²) in [5, 5.41) is 0. The Balaban J connectivity index is 2.35. The summed E-state index contributed by atoms with van der Waals surface area (Å²) in [6.45, 7) is 5.23. The van der Waals surface area contributed by atoms with Gasteiger partial charge in [-0.3, -0.25) is 0 Å². The molecule has 66 valence electrons. The maximum Gasteiger partial charge on any atom is 0.0794 e. The molecule has 1 aliphatic heterocycles. The van der Waals surface area contributed by atoms with Crippen LogP contribution >= 0.6 is 0 Å². The van der Waals surface area contributed by atoms with Crippen LogP contribution in [0.4, 0.5) is 0 Å². The molecule has 1 heterocycles. The van der Waals surface area contributed by atoms with Gasteiger partial charge in [-0.05, 0) is 7.05 Å². The number of rotatable bonds is 0. The van der Waals surface area contributed by atoms with Crippen molar-refractivity contribution in [2.45, 2.75) is 12.8 Å². The fourth-order valence-corrected chi connectivity index (χ4v) is 1.76. The molecule has 2 heteroatoms. The van der Waals surface area contributed by atoms with Crippen LogP contribution in [-0.2, 0) is 0 Å². The highest BCUT2D eigenvalue weighted by atomic mass is 15.3. The van der Waals surface area contributed by atoms with Gasteiger partial charge in [-0.2, -0.15) is 0 Å². The zero-order chi connectivity index (χ0) is 8.32. The monoisotopic (exact) mass is 157 g/mol. The van der Waals surface area contributed by atoms with Crippen molar-refractivity contribution in [2.75, 3.05) is 47.3 Å². The third kappa shape index (κ3) is 3.21. The van der Waals surface area contributed by atoms with Crippen LogP contribution < -0.4 is 0 Å². The Hall–Kier alpha value is -0.0800. The molecule has 0 aromatic carbocycles. The summed E-state index contributed by atoms with van der Waals surface area (Å²) in [6.07, 6.45) is 2.70. The number of hydrogen-bond acceptors (Lipinski definition) is 1. The predicted octanol–water partition coefficient (Wildman–Crippen LogP) is 0.788. The standard InChI is InChI=1S/C9H21N2/c1-10-6-4-8-11(2,3)9-5-7-10/h4-9H2,1-3H3/q+1. The van der Waals surface area contributed by atoms with E-state index >= 15 is 0 Å². The Bertz CT molecular complexity index is 109. The van der Waals surface area contributed by atoms with Gasteiger partial charge in [-0.1, -0.05) is 0 Å². The third-order valence-electron chi connectivity index (χ3n) is 2.61. The van der Waals surface area contributed by atoms with Gasteiger partial charge in [0, 0.05) is 25.9 Å². The Morgan fingerprint density at radius 3 is 1.91 bits per heavy atom. The van der Waals surface area contributed by atoms with Crippen molar-refractivity contribution in [3.63, 3.8) is 0 Å². The molecule has 0 spiro atoms. The summed E-state index contributed by atoms with van der Waals surface area (Å²) in [5.41, 5.74) is 0. The zero-order valence-corrected chi connectivity index (χ0v) is 8.14. The van der Waals surface area contributed by atoms with Crippen molar-refractivity contribution in [1.29, 1.82) is 0 Å². The van der Waals surface area contributed by atoms with Crippen molar-refractivity contribution in [3.8, 4) is 0 Å². The Kier molecular flexibility index (Phi) is 2.90. The molecule has 0 unspecified atom stereocenters. The number of quaternary nitrogens is 1. The van der Waals surface area contributed by atoms with Gasteiger partial charge in [0.2, 0.25) is 0 Å². The highest BCUT2D eigenvalue weighted by molar-refractivity contribution is 4.55. The lowest BCUT2D eigenvalue weighted by Crippen LogP contribution is -2.45. The molecule has 1 rings (SSSR count). The highest BCUT2D eigenvalue weighted by Gasteiger charge is 2.17. The van der Waals surface area contributed by atoms with E-state index in [4.69, 9.17) is 0 Å². The second-order valence-electron chi connectivity index (χ2n) is 4.39. The largest absolute Gasteiger partial charge is 0.328 e. The summed E-state index contributed by atoms with van der Waals surface area (Å²) in [4.78, 5) is 2.44. The van der Waals surface area contributed by atoms with E-state index in [1.165, 1.54) is 43.5 Å². The van der Waals surface area contributed by atoms with Gasteiger partial charge < -0.3 is 9.38 Å². The van der Waals surface area contributed by atoms with Gasteiger partial charge in [0.15, 0.2) is 0 Å². The molecule has 0 aliphatic carbocycles.